The molecule has 0 unspecified atom stereocenters. The van der Waals surface area contributed by atoms with Crippen molar-refractivity contribution >= 4 is 11.6 Å². The van der Waals surface area contributed by atoms with E-state index >= 15 is 0 Å². The predicted octanol–water partition coefficient (Wildman–Crippen LogP) is 0.948. The molecule has 2 aromatic rings. The van der Waals surface area contributed by atoms with Crippen molar-refractivity contribution in [3.63, 3.8) is 0 Å². The van der Waals surface area contributed by atoms with Crippen LogP contribution in [0.25, 0.3) is 0 Å². The third-order valence-electron chi connectivity index (χ3n) is 2.94. The molecular weight excluding hydrogens is 280 g/mol. The zero-order valence-electron chi connectivity index (χ0n) is 12.1. The average molecular weight is 294 g/mol. The maximum atomic E-state index is 8.72. The van der Waals surface area contributed by atoms with Crippen LogP contribution in [-0.4, -0.2) is 40.0 Å². The Labute approximate surface area is 128 Å². The van der Waals surface area contributed by atoms with Crippen LogP contribution in [-0.2, 0) is 0 Å². The van der Waals surface area contributed by atoms with Gasteiger partial charge in [-0.2, -0.15) is 10.5 Å². The molecule has 0 spiro atoms. The molecular formula is C14H14N8. The van der Waals surface area contributed by atoms with E-state index in [4.69, 9.17) is 10.5 Å². The van der Waals surface area contributed by atoms with Crippen LogP contribution in [0, 0.1) is 22.7 Å². The summed E-state index contributed by atoms with van der Waals surface area (Å²) in [6.07, 6.45) is 0. The van der Waals surface area contributed by atoms with Crippen LogP contribution in [0.3, 0.4) is 0 Å². The maximum Gasteiger partial charge on any atom is 0.163 e. The summed E-state index contributed by atoms with van der Waals surface area (Å²) in [7, 11) is 0. The summed E-state index contributed by atoms with van der Waals surface area (Å²) < 4.78 is 0. The van der Waals surface area contributed by atoms with E-state index in [0.29, 0.717) is 30.4 Å². The molecule has 0 saturated heterocycles. The van der Waals surface area contributed by atoms with Crippen molar-refractivity contribution in [1.82, 2.24) is 20.4 Å². The van der Waals surface area contributed by atoms with Crippen molar-refractivity contribution in [3.05, 3.63) is 35.7 Å². The molecule has 8 heteroatoms. The van der Waals surface area contributed by atoms with Gasteiger partial charge in [0.2, 0.25) is 0 Å². The number of nitrogens with one attached hydrogen (secondary N) is 1. The number of hydrogen-bond acceptors (Lipinski definition) is 8. The second-order valence-electron chi connectivity index (χ2n) is 4.31. The lowest BCUT2D eigenvalue weighted by atomic mass is 10.3. The van der Waals surface area contributed by atoms with E-state index < -0.39 is 0 Å². The Morgan fingerprint density at radius 1 is 1.00 bits per heavy atom. The van der Waals surface area contributed by atoms with Gasteiger partial charge in [-0.25, -0.2) is 0 Å². The van der Waals surface area contributed by atoms with Crippen molar-refractivity contribution < 1.29 is 0 Å². The van der Waals surface area contributed by atoms with Crippen LogP contribution in [0.15, 0.2) is 24.3 Å². The molecule has 2 aromatic heterocycles. The molecule has 0 radical (unpaired) electrons. The van der Waals surface area contributed by atoms with E-state index in [-0.39, 0.29) is 5.69 Å². The first kappa shape index (κ1) is 15.1. The minimum absolute atomic E-state index is 0.286. The smallest absolute Gasteiger partial charge is 0.163 e. The summed E-state index contributed by atoms with van der Waals surface area (Å²) in [6, 6.07) is 10.6. The number of aromatic nitrogens is 4. The maximum absolute atomic E-state index is 8.72. The van der Waals surface area contributed by atoms with Gasteiger partial charge in [0, 0.05) is 19.6 Å². The Bertz CT molecular complexity index is 681. The zero-order chi connectivity index (χ0) is 15.8. The molecule has 0 saturated carbocycles. The normalized spacial score (nSPS) is 9.59. The van der Waals surface area contributed by atoms with E-state index in [9.17, 15) is 0 Å². The number of rotatable bonds is 6. The minimum Gasteiger partial charge on any atom is -0.367 e. The van der Waals surface area contributed by atoms with Crippen LogP contribution in [0.2, 0.25) is 0 Å². The van der Waals surface area contributed by atoms with Crippen LogP contribution in [0.1, 0.15) is 18.3 Å². The van der Waals surface area contributed by atoms with Gasteiger partial charge >= 0.3 is 0 Å². The largest absolute Gasteiger partial charge is 0.367 e. The molecule has 2 heterocycles. The number of nitriles is 2. The quantitative estimate of drug-likeness (QED) is 0.837. The molecule has 0 aliphatic carbocycles. The highest BCUT2D eigenvalue weighted by Crippen LogP contribution is 2.09. The van der Waals surface area contributed by atoms with Gasteiger partial charge in [0.25, 0.3) is 0 Å². The first-order chi connectivity index (χ1) is 10.8. The lowest BCUT2D eigenvalue weighted by Gasteiger charge is -2.21. The van der Waals surface area contributed by atoms with Gasteiger partial charge in [0.15, 0.2) is 17.2 Å². The molecule has 0 amide bonds. The molecule has 2 rings (SSSR count). The standard InChI is InChI=1S/C14H14N8/c1-2-22(14-6-4-12(10-16)19-21-14)8-7-17-13-5-3-11(9-15)18-20-13/h3-6H,2,7-8H2,1H3,(H,17,20). The van der Waals surface area contributed by atoms with Gasteiger partial charge in [-0.15, -0.1) is 20.4 Å². The van der Waals surface area contributed by atoms with Crippen molar-refractivity contribution in [3.8, 4) is 12.1 Å². The third kappa shape index (κ3) is 3.87. The fraction of sp³-hybridized carbons (Fsp3) is 0.286. The van der Waals surface area contributed by atoms with Gasteiger partial charge in [0.1, 0.15) is 18.0 Å². The Kier molecular flexibility index (Phi) is 5.16. The number of likely N-dealkylation sites (N-methyl/N-ethyl adjacent to an activating group) is 1. The summed E-state index contributed by atoms with van der Waals surface area (Å²) in [5, 5.41) is 36.0. The van der Waals surface area contributed by atoms with Crippen molar-refractivity contribution in [1.29, 1.82) is 10.5 Å². The second kappa shape index (κ2) is 7.50. The molecule has 0 aromatic carbocycles. The van der Waals surface area contributed by atoms with Gasteiger partial charge in [0.05, 0.1) is 0 Å². The van der Waals surface area contributed by atoms with Crippen LogP contribution >= 0.6 is 0 Å². The van der Waals surface area contributed by atoms with Crippen LogP contribution in [0.4, 0.5) is 11.6 Å². The first-order valence-electron chi connectivity index (χ1n) is 6.73. The molecule has 0 bridgehead atoms. The Morgan fingerprint density at radius 2 is 1.68 bits per heavy atom. The fourth-order valence-electron chi connectivity index (χ4n) is 1.79. The monoisotopic (exact) mass is 294 g/mol. The first-order valence-corrected chi connectivity index (χ1v) is 6.73. The summed E-state index contributed by atoms with van der Waals surface area (Å²) in [4.78, 5) is 2.03. The van der Waals surface area contributed by atoms with Crippen molar-refractivity contribution in [2.45, 2.75) is 6.92 Å². The molecule has 0 atom stereocenters. The lowest BCUT2D eigenvalue weighted by Crippen LogP contribution is -2.30. The second-order valence-corrected chi connectivity index (χ2v) is 4.31. The number of nitrogens with zero attached hydrogens (tertiary/aromatic N) is 7. The Morgan fingerprint density at radius 3 is 2.18 bits per heavy atom. The molecule has 8 nitrogen and oxygen atoms in total. The van der Waals surface area contributed by atoms with E-state index in [1.165, 1.54) is 0 Å². The number of hydrogen-bond donors (Lipinski definition) is 1. The van der Waals surface area contributed by atoms with Crippen LogP contribution in [0.5, 0.6) is 0 Å². The third-order valence-corrected chi connectivity index (χ3v) is 2.94. The number of anilines is 2. The van der Waals surface area contributed by atoms with E-state index in [1.807, 2.05) is 24.0 Å². The van der Waals surface area contributed by atoms with Gasteiger partial charge < -0.3 is 10.2 Å². The topological polar surface area (TPSA) is 114 Å². The summed E-state index contributed by atoms with van der Waals surface area (Å²) in [5.74, 6) is 1.33. The van der Waals surface area contributed by atoms with Gasteiger partial charge in [-0.05, 0) is 31.2 Å². The van der Waals surface area contributed by atoms with E-state index in [0.717, 1.165) is 6.54 Å². The van der Waals surface area contributed by atoms with E-state index in [2.05, 4.69) is 25.7 Å². The fourth-order valence-corrected chi connectivity index (χ4v) is 1.79. The van der Waals surface area contributed by atoms with Crippen molar-refractivity contribution in [2.75, 3.05) is 29.9 Å². The zero-order valence-corrected chi connectivity index (χ0v) is 12.1. The molecule has 110 valence electrons. The highest BCUT2D eigenvalue weighted by molar-refractivity contribution is 5.40. The SMILES string of the molecule is CCN(CCNc1ccc(C#N)nn1)c1ccc(C#N)nn1. The van der Waals surface area contributed by atoms with Crippen LogP contribution < -0.4 is 10.2 Å². The van der Waals surface area contributed by atoms with Gasteiger partial charge in [-0.1, -0.05) is 0 Å². The van der Waals surface area contributed by atoms with Crippen molar-refractivity contribution in [2.24, 2.45) is 0 Å². The predicted molar refractivity (Wildman–Crippen MR) is 79.9 cm³/mol. The van der Waals surface area contributed by atoms with E-state index in [1.54, 1.807) is 24.3 Å². The molecule has 0 aliphatic heterocycles. The summed E-state index contributed by atoms with van der Waals surface area (Å²) >= 11 is 0. The highest BCUT2D eigenvalue weighted by Gasteiger charge is 2.06. The minimum atomic E-state index is 0.286. The summed E-state index contributed by atoms with van der Waals surface area (Å²) in [5.41, 5.74) is 0.583. The lowest BCUT2D eigenvalue weighted by molar-refractivity contribution is 0.797. The molecule has 0 aliphatic rings. The molecule has 1 N–H and O–H groups in total. The Hall–Kier alpha value is -3.26. The average Bonchev–Trinajstić information content (AvgIpc) is 2.59. The molecule has 0 fully saturated rings. The highest BCUT2D eigenvalue weighted by atomic mass is 15.3. The van der Waals surface area contributed by atoms with Gasteiger partial charge in [-0.3, -0.25) is 0 Å². The Balaban J connectivity index is 1.90. The summed E-state index contributed by atoms with van der Waals surface area (Å²) in [6.45, 7) is 4.11. The molecule has 22 heavy (non-hydrogen) atoms.